The summed E-state index contributed by atoms with van der Waals surface area (Å²) in [5.74, 6) is 0. The minimum atomic E-state index is -3.79. The standard InChI is InChI=1S/C15H15Cl2NO2S/c1-11(2)18(13-6-4-3-5-7-13)21(19,20)15-10-12(16)8-9-14(15)17/h3-11H,1-2H3. The van der Waals surface area contributed by atoms with Gasteiger partial charge in [0, 0.05) is 11.1 Å². The second-order valence-corrected chi connectivity index (χ2v) is 7.43. The van der Waals surface area contributed by atoms with E-state index in [0.29, 0.717) is 10.7 Å². The van der Waals surface area contributed by atoms with E-state index in [1.807, 2.05) is 19.9 Å². The summed E-state index contributed by atoms with van der Waals surface area (Å²) in [4.78, 5) is 0.00854. The van der Waals surface area contributed by atoms with E-state index in [2.05, 4.69) is 0 Å². The van der Waals surface area contributed by atoms with Crippen molar-refractivity contribution in [1.29, 1.82) is 0 Å². The zero-order valence-electron chi connectivity index (χ0n) is 11.6. The summed E-state index contributed by atoms with van der Waals surface area (Å²) in [6.07, 6.45) is 0. The lowest BCUT2D eigenvalue weighted by Crippen LogP contribution is -2.37. The predicted octanol–water partition coefficient (Wildman–Crippen LogP) is 4.60. The number of hydrogen-bond donors (Lipinski definition) is 0. The third-order valence-corrected chi connectivity index (χ3v) is 5.63. The van der Waals surface area contributed by atoms with Crippen LogP contribution in [-0.2, 0) is 10.0 Å². The summed E-state index contributed by atoms with van der Waals surface area (Å²) in [5, 5.41) is 0.482. The molecule has 0 aromatic heterocycles. The van der Waals surface area contributed by atoms with Crippen LogP contribution >= 0.6 is 23.2 Å². The van der Waals surface area contributed by atoms with Gasteiger partial charge in [0.25, 0.3) is 10.0 Å². The van der Waals surface area contributed by atoms with E-state index in [4.69, 9.17) is 23.2 Å². The first-order chi connectivity index (χ1) is 9.84. The smallest absolute Gasteiger partial charge is 0.264 e. The Morgan fingerprint density at radius 1 is 1.00 bits per heavy atom. The molecule has 2 rings (SSSR count). The van der Waals surface area contributed by atoms with Crippen molar-refractivity contribution >= 4 is 38.9 Å². The van der Waals surface area contributed by atoms with Crippen LogP contribution in [0.1, 0.15) is 13.8 Å². The van der Waals surface area contributed by atoms with Gasteiger partial charge in [-0.2, -0.15) is 0 Å². The monoisotopic (exact) mass is 343 g/mol. The Labute approximate surface area is 135 Å². The maximum Gasteiger partial charge on any atom is 0.266 e. The van der Waals surface area contributed by atoms with Gasteiger partial charge in [0.05, 0.1) is 10.7 Å². The summed E-state index contributed by atoms with van der Waals surface area (Å²) < 4.78 is 27.2. The Morgan fingerprint density at radius 2 is 1.62 bits per heavy atom. The van der Waals surface area contributed by atoms with Crippen molar-refractivity contribution in [2.75, 3.05) is 4.31 Å². The fourth-order valence-corrected chi connectivity index (χ4v) is 4.47. The average molecular weight is 344 g/mol. The molecule has 0 aliphatic heterocycles. The van der Waals surface area contributed by atoms with Crippen molar-refractivity contribution < 1.29 is 8.42 Å². The number of para-hydroxylation sites is 1. The van der Waals surface area contributed by atoms with Gasteiger partial charge in [-0.15, -0.1) is 0 Å². The molecule has 0 spiro atoms. The highest BCUT2D eigenvalue weighted by atomic mass is 35.5. The summed E-state index contributed by atoms with van der Waals surface area (Å²) in [7, 11) is -3.79. The molecule has 0 aliphatic carbocycles. The molecule has 0 amide bonds. The quantitative estimate of drug-likeness (QED) is 0.813. The molecular weight excluding hydrogens is 329 g/mol. The third kappa shape index (κ3) is 3.34. The fourth-order valence-electron chi connectivity index (χ4n) is 2.07. The molecule has 0 fully saturated rings. The topological polar surface area (TPSA) is 37.4 Å². The maximum absolute atomic E-state index is 12.9. The average Bonchev–Trinajstić information content (AvgIpc) is 2.42. The summed E-state index contributed by atoms with van der Waals surface area (Å²) in [6, 6.07) is 13.1. The highest BCUT2D eigenvalue weighted by Gasteiger charge is 2.29. The van der Waals surface area contributed by atoms with Crippen LogP contribution < -0.4 is 4.31 Å². The van der Waals surface area contributed by atoms with Gasteiger partial charge in [0.15, 0.2) is 0 Å². The highest BCUT2D eigenvalue weighted by Crippen LogP contribution is 2.31. The molecule has 2 aromatic carbocycles. The zero-order chi connectivity index (χ0) is 15.6. The number of rotatable bonds is 4. The molecule has 0 saturated heterocycles. The molecule has 21 heavy (non-hydrogen) atoms. The number of sulfonamides is 1. The normalized spacial score (nSPS) is 11.7. The molecule has 0 bridgehead atoms. The second kappa shape index (κ2) is 6.26. The number of benzene rings is 2. The first-order valence-corrected chi connectivity index (χ1v) is 8.58. The molecule has 6 heteroatoms. The van der Waals surface area contributed by atoms with Crippen LogP contribution in [0.4, 0.5) is 5.69 Å². The second-order valence-electron chi connectivity index (χ2n) is 4.80. The molecule has 0 atom stereocenters. The van der Waals surface area contributed by atoms with Gasteiger partial charge in [-0.05, 0) is 44.2 Å². The largest absolute Gasteiger partial charge is 0.266 e. The van der Waals surface area contributed by atoms with Crippen LogP contribution in [0.2, 0.25) is 10.0 Å². The Balaban J connectivity index is 2.61. The van der Waals surface area contributed by atoms with E-state index in [1.165, 1.54) is 16.4 Å². The molecule has 0 heterocycles. The Bertz CT molecular complexity index is 731. The summed E-state index contributed by atoms with van der Waals surface area (Å²) in [6.45, 7) is 3.62. The Kier molecular flexibility index (Phi) is 4.81. The number of hydrogen-bond acceptors (Lipinski definition) is 2. The lowest BCUT2D eigenvalue weighted by molar-refractivity contribution is 0.584. The molecule has 0 saturated carbocycles. The molecule has 112 valence electrons. The van der Waals surface area contributed by atoms with E-state index >= 15 is 0 Å². The Hall–Kier alpha value is -1.23. The van der Waals surface area contributed by atoms with Crippen LogP contribution in [-0.4, -0.2) is 14.5 Å². The minimum Gasteiger partial charge on any atom is -0.264 e. The van der Waals surface area contributed by atoms with Gasteiger partial charge < -0.3 is 0 Å². The van der Waals surface area contributed by atoms with Gasteiger partial charge in [-0.25, -0.2) is 8.42 Å². The van der Waals surface area contributed by atoms with Crippen molar-refractivity contribution in [1.82, 2.24) is 0 Å². The van der Waals surface area contributed by atoms with Crippen molar-refractivity contribution in [2.45, 2.75) is 24.8 Å². The number of anilines is 1. The van der Waals surface area contributed by atoms with Gasteiger partial charge in [0.2, 0.25) is 0 Å². The van der Waals surface area contributed by atoms with Crippen LogP contribution in [0.25, 0.3) is 0 Å². The SMILES string of the molecule is CC(C)N(c1ccccc1)S(=O)(=O)c1cc(Cl)ccc1Cl. The van der Waals surface area contributed by atoms with E-state index < -0.39 is 10.0 Å². The van der Waals surface area contributed by atoms with Crippen molar-refractivity contribution in [3.05, 3.63) is 58.6 Å². The van der Waals surface area contributed by atoms with E-state index in [-0.39, 0.29) is 16.0 Å². The number of nitrogens with zero attached hydrogens (tertiary/aromatic N) is 1. The lowest BCUT2D eigenvalue weighted by atomic mass is 10.3. The van der Waals surface area contributed by atoms with Crippen molar-refractivity contribution in [3.63, 3.8) is 0 Å². The summed E-state index contributed by atoms with van der Waals surface area (Å²) in [5.41, 5.74) is 0.587. The molecule has 0 aliphatic rings. The third-order valence-electron chi connectivity index (χ3n) is 2.91. The molecule has 0 unspecified atom stereocenters. The molecule has 0 radical (unpaired) electrons. The fraction of sp³-hybridized carbons (Fsp3) is 0.200. The maximum atomic E-state index is 12.9. The van der Waals surface area contributed by atoms with Crippen LogP contribution in [0.3, 0.4) is 0 Å². The first-order valence-electron chi connectivity index (χ1n) is 6.38. The van der Waals surface area contributed by atoms with Crippen LogP contribution in [0.15, 0.2) is 53.4 Å². The van der Waals surface area contributed by atoms with Gasteiger partial charge in [0.1, 0.15) is 4.90 Å². The van der Waals surface area contributed by atoms with Gasteiger partial charge in [-0.3, -0.25) is 4.31 Å². The van der Waals surface area contributed by atoms with Gasteiger partial charge >= 0.3 is 0 Å². The Morgan fingerprint density at radius 3 is 2.19 bits per heavy atom. The summed E-state index contributed by atoms with van der Waals surface area (Å²) >= 11 is 12.0. The van der Waals surface area contributed by atoms with Crippen molar-refractivity contribution in [3.8, 4) is 0 Å². The van der Waals surface area contributed by atoms with Crippen LogP contribution in [0.5, 0.6) is 0 Å². The zero-order valence-corrected chi connectivity index (χ0v) is 14.0. The van der Waals surface area contributed by atoms with Crippen molar-refractivity contribution in [2.24, 2.45) is 0 Å². The minimum absolute atomic E-state index is 0.00854. The predicted molar refractivity (Wildman–Crippen MR) is 87.7 cm³/mol. The molecular formula is C15H15Cl2NO2S. The molecule has 0 N–H and O–H groups in total. The lowest BCUT2D eigenvalue weighted by Gasteiger charge is -2.28. The van der Waals surface area contributed by atoms with Gasteiger partial charge in [-0.1, -0.05) is 41.4 Å². The number of halogens is 2. The first kappa shape index (κ1) is 16.1. The van der Waals surface area contributed by atoms with Crippen LogP contribution in [0, 0.1) is 0 Å². The van der Waals surface area contributed by atoms with E-state index in [9.17, 15) is 8.42 Å². The molecule has 3 nitrogen and oxygen atoms in total. The van der Waals surface area contributed by atoms with E-state index in [1.54, 1.807) is 30.3 Å². The highest BCUT2D eigenvalue weighted by molar-refractivity contribution is 7.93. The molecule has 2 aromatic rings. The van der Waals surface area contributed by atoms with E-state index in [0.717, 1.165) is 0 Å².